The molecule has 0 amide bonds. The van der Waals surface area contributed by atoms with Gasteiger partial charge in [0.25, 0.3) is 0 Å². The first-order valence-corrected chi connectivity index (χ1v) is 7.57. The summed E-state index contributed by atoms with van der Waals surface area (Å²) in [6.07, 6.45) is 1.14. The second-order valence-electron chi connectivity index (χ2n) is 4.32. The maximum Gasteiger partial charge on any atom is 0.0513 e. The third-order valence-electron chi connectivity index (χ3n) is 3.15. The third-order valence-corrected chi connectivity index (χ3v) is 4.37. The molecule has 2 unspecified atom stereocenters. The summed E-state index contributed by atoms with van der Waals surface area (Å²) < 4.78 is 7.80. The number of halogens is 2. The Morgan fingerprint density at radius 1 is 1.47 bits per heavy atom. The van der Waals surface area contributed by atoms with Gasteiger partial charge in [0.15, 0.2) is 0 Å². The van der Waals surface area contributed by atoms with Gasteiger partial charge in [0.05, 0.1) is 6.61 Å². The zero-order chi connectivity index (χ0) is 12.3. The summed E-state index contributed by atoms with van der Waals surface area (Å²) >= 11 is 7.19. The van der Waals surface area contributed by atoms with E-state index in [2.05, 4.69) is 62.3 Å². The fourth-order valence-electron chi connectivity index (χ4n) is 2.32. The average Bonchev–Trinajstić information content (AvgIpc) is 2.83. The van der Waals surface area contributed by atoms with Gasteiger partial charge in [0.1, 0.15) is 0 Å². The van der Waals surface area contributed by atoms with Crippen LogP contribution in [0.3, 0.4) is 0 Å². The highest BCUT2D eigenvalue weighted by atomic mass is 79.9. The van der Waals surface area contributed by atoms with Crippen molar-refractivity contribution in [3.05, 3.63) is 32.7 Å². The molecule has 0 radical (unpaired) electrons. The Morgan fingerprint density at radius 3 is 2.94 bits per heavy atom. The van der Waals surface area contributed by atoms with Crippen molar-refractivity contribution < 1.29 is 4.74 Å². The average molecular weight is 363 g/mol. The zero-order valence-corrected chi connectivity index (χ0v) is 13.1. The summed E-state index contributed by atoms with van der Waals surface area (Å²) in [6, 6.07) is 6.71. The second-order valence-corrected chi connectivity index (χ2v) is 6.09. The van der Waals surface area contributed by atoms with Crippen LogP contribution in [0.2, 0.25) is 0 Å². The van der Waals surface area contributed by atoms with Crippen molar-refractivity contribution in [3.8, 4) is 0 Å². The monoisotopic (exact) mass is 361 g/mol. The maximum absolute atomic E-state index is 5.51. The first kappa shape index (κ1) is 13.5. The van der Waals surface area contributed by atoms with Gasteiger partial charge in [-0.15, -0.1) is 0 Å². The summed E-state index contributed by atoms with van der Waals surface area (Å²) in [6.45, 7) is 4.86. The minimum Gasteiger partial charge on any atom is -0.381 e. The van der Waals surface area contributed by atoms with Crippen LogP contribution in [0.4, 0.5) is 0 Å². The number of nitrogens with one attached hydrogen (secondary N) is 1. The lowest BCUT2D eigenvalue weighted by Crippen LogP contribution is -2.28. The number of hydrogen-bond donors (Lipinski definition) is 1. The van der Waals surface area contributed by atoms with Gasteiger partial charge >= 0.3 is 0 Å². The Bertz CT molecular complexity index is 378. The molecule has 2 atom stereocenters. The molecule has 0 saturated carbocycles. The standard InChI is InChI=1S/C13H17Br2NO/c1-2-16-13(9-5-6-17-8-9)11-7-10(14)3-4-12(11)15/h3-4,7,9,13,16H,2,5-6,8H2,1H3. The molecule has 4 heteroatoms. The van der Waals surface area contributed by atoms with Crippen molar-refractivity contribution in [1.82, 2.24) is 5.32 Å². The minimum absolute atomic E-state index is 0.370. The Balaban J connectivity index is 2.27. The van der Waals surface area contributed by atoms with Crippen molar-refractivity contribution in [2.75, 3.05) is 19.8 Å². The Labute approximate surface area is 119 Å². The van der Waals surface area contributed by atoms with Crippen LogP contribution in [-0.2, 0) is 4.74 Å². The molecule has 2 rings (SSSR count). The van der Waals surface area contributed by atoms with E-state index in [1.807, 2.05) is 0 Å². The zero-order valence-electron chi connectivity index (χ0n) is 9.88. The molecule has 1 aliphatic heterocycles. The highest BCUT2D eigenvalue weighted by molar-refractivity contribution is 9.11. The fraction of sp³-hybridized carbons (Fsp3) is 0.538. The van der Waals surface area contributed by atoms with E-state index < -0.39 is 0 Å². The van der Waals surface area contributed by atoms with Crippen molar-refractivity contribution in [1.29, 1.82) is 0 Å². The highest BCUT2D eigenvalue weighted by Crippen LogP contribution is 2.34. The first-order chi connectivity index (χ1) is 8.22. The predicted octanol–water partition coefficient (Wildman–Crippen LogP) is 3.90. The van der Waals surface area contributed by atoms with Gasteiger partial charge in [0, 0.05) is 27.5 Å². The largest absolute Gasteiger partial charge is 0.381 e. The molecule has 0 spiro atoms. The van der Waals surface area contributed by atoms with E-state index in [0.29, 0.717) is 12.0 Å². The van der Waals surface area contributed by atoms with Crippen LogP contribution in [0.15, 0.2) is 27.1 Å². The topological polar surface area (TPSA) is 21.3 Å². The van der Waals surface area contributed by atoms with Crippen LogP contribution >= 0.6 is 31.9 Å². The quantitative estimate of drug-likeness (QED) is 0.876. The summed E-state index contributed by atoms with van der Waals surface area (Å²) in [4.78, 5) is 0. The van der Waals surface area contributed by atoms with Crippen LogP contribution in [-0.4, -0.2) is 19.8 Å². The molecule has 0 bridgehead atoms. The third kappa shape index (κ3) is 3.31. The normalized spacial score (nSPS) is 21.7. The van der Waals surface area contributed by atoms with E-state index in [-0.39, 0.29) is 0 Å². The molecule has 0 aromatic heterocycles. The maximum atomic E-state index is 5.51. The summed E-state index contributed by atoms with van der Waals surface area (Å²) in [7, 11) is 0. The lowest BCUT2D eigenvalue weighted by molar-refractivity contribution is 0.177. The van der Waals surface area contributed by atoms with Gasteiger partial charge in [-0.1, -0.05) is 38.8 Å². The van der Waals surface area contributed by atoms with Crippen LogP contribution in [0.5, 0.6) is 0 Å². The molecule has 2 nitrogen and oxygen atoms in total. The molecule has 1 aliphatic rings. The van der Waals surface area contributed by atoms with Crippen LogP contribution in [0.25, 0.3) is 0 Å². The molecule has 1 N–H and O–H groups in total. The smallest absolute Gasteiger partial charge is 0.0513 e. The molecule has 0 aliphatic carbocycles. The molecule has 1 aromatic rings. The summed E-state index contributed by atoms with van der Waals surface area (Å²) in [5.74, 6) is 0.570. The van der Waals surface area contributed by atoms with Gasteiger partial charge < -0.3 is 10.1 Å². The lowest BCUT2D eigenvalue weighted by atomic mass is 9.92. The number of benzene rings is 1. The van der Waals surface area contributed by atoms with E-state index in [1.54, 1.807) is 0 Å². The Kier molecular flexibility index (Phi) is 5.03. The molecular weight excluding hydrogens is 346 g/mol. The Morgan fingerprint density at radius 2 is 2.29 bits per heavy atom. The van der Waals surface area contributed by atoms with Crippen LogP contribution in [0.1, 0.15) is 24.9 Å². The van der Waals surface area contributed by atoms with Gasteiger partial charge in [0.2, 0.25) is 0 Å². The van der Waals surface area contributed by atoms with Crippen molar-refractivity contribution >= 4 is 31.9 Å². The molecule has 94 valence electrons. The van der Waals surface area contributed by atoms with Gasteiger partial charge in [-0.05, 0) is 36.7 Å². The number of rotatable bonds is 4. The SMILES string of the molecule is CCNC(c1cc(Br)ccc1Br)C1CCOC1. The van der Waals surface area contributed by atoms with E-state index in [0.717, 1.165) is 30.7 Å². The highest BCUT2D eigenvalue weighted by Gasteiger charge is 2.27. The van der Waals surface area contributed by atoms with Crippen LogP contribution in [0, 0.1) is 5.92 Å². The minimum atomic E-state index is 0.370. The van der Waals surface area contributed by atoms with E-state index in [1.165, 1.54) is 10.0 Å². The molecule has 1 fully saturated rings. The Hall–Kier alpha value is 0.1000. The molecule has 1 aromatic carbocycles. The van der Waals surface area contributed by atoms with E-state index in [9.17, 15) is 0 Å². The predicted molar refractivity (Wildman–Crippen MR) is 77.2 cm³/mol. The molecular formula is C13H17Br2NO. The summed E-state index contributed by atoms with van der Waals surface area (Å²) in [5, 5.41) is 3.58. The van der Waals surface area contributed by atoms with Crippen molar-refractivity contribution in [2.24, 2.45) is 5.92 Å². The van der Waals surface area contributed by atoms with Crippen molar-refractivity contribution in [2.45, 2.75) is 19.4 Å². The molecule has 1 saturated heterocycles. The fourth-order valence-corrected chi connectivity index (χ4v) is 3.19. The van der Waals surface area contributed by atoms with Gasteiger partial charge in [-0.3, -0.25) is 0 Å². The molecule has 1 heterocycles. The second kappa shape index (κ2) is 6.32. The van der Waals surface area contributed by atoms with E-state index in [4.69, 9.17) is 4.74 Å². The number of hydrogen-bond acceptors (Lipinski definition) is 2. The molecule has 17 heavy (non-hydrogen) atoms. The summed E-state index contributed by atoms with van der Waals surface area (Å²) in [5.41, 5.74) is 1.32. The van der Waals surface area contributed by atoms with Crippen LogP contribution < -0.4 is 5.32 Å². The first-order valence-electron chi connectivity index (χ1n) is 5.98. The lowest BCUT2D eigenvalue weighted by Gasteiger charge is -2.25. The van der Waals surface area contributed by atoms with E-state index >= 15 is 0 Å². The number of ether oxygens (including phenoxy) is 1. The van der Waals surface area contributed by atoms with Gasteiger partial charge in [-0.2, -0.15) is 0 Å². The van der Waals surface area contributed by atoms with Gasteiger partial charge in [-0.25, -0.2) is 0 Å². The van der Waals surface area contributed by atoms with Crippen molar-refractivity contribution in [3.63, 3.8) is 0 Å².